The molecule has 1 N–H and O–H groups in total. The predicted molar refractivity (Wildman–Crippen MR) is 90.3 cm³/mol. The van der Waals surface area contributed by atoms with Crippen LogP contribution in [0.3, 0.4) is 0 Å². The molecule has 5 heteroatoms. The Morgan fingerprint density at radius 2 is 2.05 bits per heavy atom. The maximum atomic E-state index is 12.3. The zero-order valence-corrected chi connectivity index (χ0v) is 14.5. The van der Waals surface area contributed by atoms with Crippen LogP contribution in [0.25, 0.3) is 0 Å². The molecule has 2 heterocycles. The first kappa shape index (κ1) is 16.6. The second kappa shape index (κ2) is 7.01. The van der Waals surface area contributed by atoms with Gasteiger partial charge in [0.15, 0.2) is 0 Å². The summed E-state index contributed by atoms with van der Waals surface area (Å²) in [7, 11) is 0. The summed E-state index contributed by atoms with van der Waals surface area (Å²) in [6, 6.07) is 3.49. The normalized spacial score (nSPS) is 16.8. The Bertz CT molecular complexity index is 507. The van der Waals surface area contributed by atoms with Crippen LogP contribution in [0.4, 0.5) is 0 Å². The van der Waals surface area contributed by atoms with Crippen molar-refractivity contribution in [3.05, 3.63) is 28.5 Å². The fraction of sp³-hybridized carbons (Fsp3) is 0.625. The van der Waals surface area contributed by atoms with Crippen molar-refractivity contribution in [2.24, 2.45) is 5.92 Å². The minimum Gasteiger partial charge on any atom is -0.352 e. The highest BCUT2D eigenvalue weighted by molar-refractivity contribution is 7.99. The van der Waals surface area contributed by atoms with Gasteiger partial charge in [-0.2, -0.15) is 11.8 Å². The van der Waals surface area contributed by atoms with Gasteiger partial charge in [0.2, 0.25) is 0 Å². The molecule has 1 aromatic heterocycles. The first-order valence-electron chi connectivity index (χ1n) is 7.40. The number of nitrogens with zero attached hydrogens (tertiary/aromatic N) is 1. The lowest BCUT2D eigenvalue weighted by Gasteiger charge is -2.22. The van der Waals surface area contributed by atoms with E-state index >= 15 is 0 Å². The summed E-state index contributed by atoms with van der Waals surface area (Å²) >= 11 is 8.05. The number of hydrogen-bond donors (Lipinski definition) is 1. The third-order valence-electron chi connectivity index (χ3n) is 3.72. The molecule has 0 saturated carbocycles. The molecule has 1 amide bonds. The number of halogens is 1. The van der Waals surface area contributed by atoms with Gasteiger partial charge in [-0.05, 0) is 42.4 Å². The lowest BCUT2D eigenvalue weighted by atomic mass is 9.91. The second-order valence-electron chi connectivity index (χ2n) is 6.58. The molecule has 0 spiro atoms. The fourth-order valence-electron chi connectivity index (χ4n) is 2.30. The molecule has 2 rings (SSSR count). The SMILES string of the molecule is CC(C)(C)c1cc(C(=O)NCC2CCSCC2)cc(Cl)n1. The Kier molecular flexibility index (Phi) is 5.55. The Morgan fingerprint density at radius 3 is 2.67 bits per heavy atom. The van der Waals surface area contributed by atoms with Gasteiger partial charge in [0, 0.05) is 23.2 Å². The van der Waals surface area contributed by atoms with E-state index in [1.807, 2.05) is 17.8 Å². The van der Waals surface area contributed by atoms with Crippen molar-refractivity contribution < 1.29 is 4.79 Å². The minimum absolute atomic E-state index is 0.0528. The zero-order chi connectivity index (χ0) is 15.5. The van der Waals surface area contributed by atoms with Crippen molar-refractivity contribution in [1.29, 1.82) is 0 Å². The summed E-state index contributed by atoms with van der Waals surface area (Å²) < 4.78 is 0. The second-order valence-corrected chi connectivity index (χ2v) is 8.19. The van der Waals surface area contributed by atoms with Gasteiger partial charge < -0.3 is 5.32 Å². The minimum atomic E-state index is -0.124. The molecule has 1 saturated heterocycles. The molecule has 21 heavy (non-hydrogen) atoms. The van der Waals surface area contributed by atoms with Gasteiger partial charge in [0.25, 0.3) is 5.91 Å². The number of aromatic nitrogens is 1. The van der Waals surface area contributed by atoms with Gasteiger partial charge in [0.05, 0.1) is 0 Å². The third-order valence-corrected chi connectivity index (χ3v) is 4.96. The molecular weight excluding hydrogens is 304 g/mol. The molecule has 0 unspecified atom stereocenters. The van der Waals surface area contributed by atoms with Gasteiger partial charge in [-0.3, -0.25) is 4.79 Å². The molecule has 1 aliphatic heterocycles. The van der Waals surface area contributed by atoms with E-state index in [4.69, 9.17) is 11.6 Å². The third kappa shape index (κ3) is 4.89. The number of carbonyl (C=O) groups is 1. The van der Waals surface area contributed by atoms with Crippen LogP contribution in [0.1, 0.15) is 49.7 Å². The van der Waals surface area contributed by atoms with Crippen LogP contribution in [0.15, 0.2) is 12.1 Å². The standard InChI is InChI=1S/C16H23ClN2OS/c1-16(2,3)13-8-12(9-14(17)19-13)15(20)18-10-11-4-6-21-7-5-11/h8-9,11H,4-7,10H2,1-3H3,(H,18,20). The topological polar surface area (TPSA) is 42.0 Å². The number of thioether (sulfide) groups is 1. The van der Waals surface area contributed by atoms with Crippen molar-refractivity contribution in [2.75, 3.05) is 18.1 Å². The average Bonchev–Trinajstić information content (AvgIpc) is 2.44. The summed E-state index contributed by atoms with van der Waals surface area (Å²) in [4.78, 5) is 16.6. The highest BCUT2D eigenvalue weighted by Crippen LogP contribution is 2.24. The number of amides is 1. The van der Waals surface area contributed by atoms with Gasteiger partial charge in [-0.1, -0.05) is 32.4 Å². The maximum Gasteiger partial charge on any atom is 0.251 e. The molecule has 0 radical (unpaired) electrons. The summed E-state index contributed by atoms with van der Waals surface area (Å²) in [6.45, 7) is 6.94. The molecule has 116 valence electrons. The first-order chi connectivity index (χ1) is 9.86. The van der Waals surface area contributed by atoms with E-state index in [0.717, 1.165) is 12.2 Å². The summed E-state index contributed by atoms with van der Waals surface area (Å²) in [6.07, 6.45) is 2.38. The van der Waals surface area contributed by atoms with Crippen molar-refractivity contribution >= 4 is 29.3 Å². The maximum absolute atomic E-state index is 12.3. The van der Waals surface area contributed by atoms with E-state index in [0.29, 0.717) is 16.6 Å². The lowest BCUT2D eigenvalue weighted by Crippen LogP contribution is -2.31. The van der Waals surface area contributed by atoms with E-state index < -0.39 is 0 Å². The Hall–Kier alpha value is -0.740. The number of hydrogen-bond acceptors (Lipinski definition) is 3. The number of pyridine rings is 1. The van der Waals surface area contributed by atoms with E-state index in [2.05, 4.69) is 31.1 Å². The largest absolute Gasteiger partial charge is 0.352 e. The molecule has 0 bridgehead atoms. The Morgan fingerprint density at radius 1 is 1.38 bits per heavy atom. The Labute approximate surface area is 136 Å². The van der Waals surface area contributed by atoms with Crippen LogP contribution in [0, 0.1) is 5.92 Å². The molecule has 1 aromatic rings. The zero-order valence-electron chi connectivity index (χ0n) is 12.9. The number of carbonyl (C=O) groups excluding carboxylic acids is 1. The number of rotatable bonds is 3. The van der Waals surface area contributed by atoms with Crippen molar-refractivity contribution in [2.45, 2.75) is 39.0 Å². The van der Waals surface area contributed by atoms with Crippen LogP contribution >= 0.6 is 23.4 Å². The quantitative estimate of drug-likeness (QED) is 0.856. The van der Waals surface area contributed by atoms with Crippen LogP contribution < -0.4 is 5.32 Å². The molecule has 1 aliphatic rings. The van der Waals surface area contributed by atoms with E-state index in [1.54, 1.807) is 6.07 Å². The van der Waals surface area contributed by atoms with E-state index in [-0.39, 0.29) is 11.3 Å². The summed E-state index contributed by atoms with van der Waals surface area (Å²) in [5.41, 5.74) is 1.32. The van der Waals surface area contributed by atoms with E-state index in [9.17, 15) is 4.79 Å². The van der Waals surface area contributed by atoms with E-state index in [1.165, 1.54) is 24.3 Å². The fourth-order valence-corrected chi connectivity index (χ4v) is 3.71. The van der Waals surface area contributed by atoms with Gasteiger partial charge in [-0.15, -0.1) is 0 Å². The van der Waals surface area contributed by atoms with Crippen molar-refractivity contribution in [1.82, 2.24) is 10.3 Å². The summed E-state index contributed by atoms with van der Waals surface area (Å²) in [5, 5.41) is 3.42. The lowest BCUT2D eigenvalue weighted by molar-refractivity contribution is 0.0946. The van der Waals surface area contributed by atoms with Gasteiger partial charge in [0.1, 0.15) is 5.15 Å². The smallest absolute Gasteiger partial charge is 0.251 e. The van der Waals surface area contributed by atoms with Gasteiger partial charge >= 0.3 is 0 Å². The molecule has 0 atom stereocenters. The molecule has 0 aromatic carbocycles. The monoisotopic (exact) mass is 326 g/mol. The number of nitrogens with one attached hydrogen (secondary N) is 1. The highest BCUT2D eigenvalue weighted by Gasteiger charge is 2.20. The van der Waals surface area contributed by atoms with Crippen molar-refractivity contribution in [3.8, 4) is 0 Å². The van der Waals surface area contributed by atoms with Crippen molar-refractivity contribution in [3.63, 3.8) is 0 Å². The van der Waals surface area contributed by atoms with Crippen LogP contribution in [0.2, 0.25) is 5.15 Å². The van der Waals surface area contributed by atoms with Gasteiger partial charge in [-0.25, -0.2) is 4.98 Å². The molecule has 3 nitrogen and oxygen atoms in total. The average molecular weight is 327 g/mol. The molecular formula is C16H23ClN2OS. The Balaban J connectivity index is 2.03. The molecule has 0 aliphatic carbocycles. The summed E-state index contributed by atoms with van der Waals surface area (Å²) in [5.74, 6) is 2.96. The van der Waals surface area contributed by atoms with Crippen LogP contribution in [0.5, 0.6) is 0 Å². The van der Waals surface area contributed by atoms with Crippen LogP contribution in [-0.4, -0.2) is 28.9 Å². The first-order valence-corrected chi connectivity index (χ1v) is 8.93. The highest BCUT2D eigenvalue weighted by atomic mass is 35.5. The van der Waals surface area contributed by atoms with Crippen LogP contribution in [-0.2, 0) is 5.41 Å². The molecule has 1 fully saturated rings. The predicted octanol–water partition coefficient (Wildman–Crippen LogP) is 3.91.